The molecule has 1 heterocycles. The Morgan fingerprint density at radius 1 is 1.21 bits per heavy atom. The number of halogens is 1. The van der Waals surface area contributed by atoms with Gasteiger partial charge in [0.2, 0.25) is 0 Å². The Balaban J connectivity index is 0.00000288. The number of nitrogens with zero attached hydrogens (tertiary/aromatic N) is 3. The van der Waals surface area contributed by atoms with E-state index >= 15 is 0 Å². The van der Waals surface area contributed by atoms with Crippen LogP contribution in [0.2, 0.25) is 0 Å². The van der Waals surface area contributed by atoms with Crippen LogP contribution in [0, 0.1) is 0 Å². The molecule has 0 radical (unpaired) electrons. The van der Waals surface area contributed by atoms with Crippen LogP contribution in [0.3, 0.4) is 0 Å². The molecule has 5 nitrogen and oxygen atoms in total. The third-order valence-corrected chi connectivity index (χ3v) is 3.97. The Bertz CT molecular complexity index is 509. The summed E-state index contributed by atoms with van der Waals surface area (Å²) in [5, 5.41) is 3.16. The molecule has 24 heavy (non-hydrogen) atoms. The second-order valence-electron chi connectivity index (χ2n) is 6.10. The molecule has 1 aliphatic rings. The number of rotatable bonds is 7. The summed E-state index contributed by atoms with van der Waals surface area (Å²) in [6, 6.07) is 10.7. The van der Waals surface area contributed by atoms with Crippen molar-refractivity contribution in [2.24, 2.45) is 10.7 Å². The van der Waals surface area contributed by atoms with Gasteiger partial charge in [-0.1, -0.05) is 30.4 Å². The van der Waals surface area contributed by atoms with Crippen molar-refractivity contribution in [1.29, 1.82) is 0 Å². The first-order valence-electron chi connectivity index (χ1n) is 8.35. The van der Waals surface area contributed by atoms with E-state index in [0.29, 0.717) is 12.5 Å². The first kappa shape index (κ1) is 20.8. The summed E-state index contributed by atoms with van der Waals surface area (Å²) in [6.07, 6.45) is 1.08. The van der Waals surface area contributed by atoms with Crippen LogP contribution in [0.1, 0.15) is 13.3 Å². The molecule has 1 aromatic carbocycles. The summed E-state index contributed by atoms with van der Waals surface area (Å²) >= 11 is 0. The van der Waals surface area contributed by atoms with Crippen LogP contribution in [0.15, 0.2) is 47.5 Å². The van der Waals surface area contributed by atoms with Gasteiger partial charge in [-0.25, -0.2) is 4.99 Å². The highest BCUT2D eigenvalue weighted by molar-refractivity contribution is 14.0. The molecular weight excluding hydrogens is 413 g/mol. The van der Waals surface area contributed by atoms with Crippen LogP contribution in [0.5, 0.6) is 0 Å². The van der Waals surface area contributed by atoms with Gasteiger partial charge in [0, 0.05) is 38.4 Å². The summed E-state index contributed by atoms with van der Waals surface area (Å²) in [6.45, 7) is 12.8. The molecule has 3 N–H and O–H groups in total. The van der Waals surface area contributed by atoms with Gasteiger partial charge in [0.15, 0.2) is 5.96 Å². The minimum absolute atomic E-state index is 0. The van der Waals surface area contributed by atoms with Crippen LogP contribution in [-0.2, 0) is 0 Å². The topological polar surface area (TPSA) is 56.9 Å². The van der Waals surface area contributed by atoms with E-state index in [-0.39, 0.29) is 24.0 Å². The molecule has 134 valence electrons. The van der Waals surface area contributed by atoms with Gasteiger partial charge >= 0.3 is 0 Å². The molecule has 0 aliphatic carbocycles. The maximum absolute atomic E-state index is 5.80. The molecule has 0 atom stereocenters. The fourth-order valence-corrected chi connectivity index (χ4v) is 2.66. The Morgan fingerprint density at radius 3 is 2.50 bits per heavy atom. The minimum atomic E-state index is 0. The zero-order valence-corrected chi connectivity index (χ0v) is 16.9. The van der Waals surface area contributed by atoms with E-state index in [1.807, 2.05) is 6.92 Å². The number of nitrogens with one attached hydrogen (secondary N) is 1. The monoisotopic (exact) mass is 443 g/mol. The zero-order valence-electron chi connectivity index (χ0n) is 14.6. The maximum Gasteiger partial charge on any atom is 0.188 e. The molecule has 0 spiro atoms. The van der Waals surface area contributed by atoms with Gasteiger partial charge in [-0.3, -0.25) is 4.90 Å². The molecule has 0 saturated carbocycles. The average molecular weight is 443 g/mol. The van der Waals surface area contributed by atoms with E-state index in [2.05, 4.69) is 57.0 Å². The molecule has 6 heteroatoms. The number of hydrogen-bond donors (Lipinski definition) is 2. The molecule has 0 aromatic heterocycles. The summed E-state index contributed by atoms with van der Waals surface area (Å²) in [5.41, 5.74) is 8.15. The first-order valence-corrected chi connectivity index (χ1v) is 8.35. The van der Waals surface area contributed by atoms with Crippen molar-refractivity contribution in [3.63, 3.8) is 0 Å². The maximum atomic E-state index is 5.80. The fraction of sp³-hybridized carbons (Fsp3) is 0.500. The number of benzene rings is 1. The minimum Gasteiger partial charge on any atom is -0.370 e. The third-order valence-electron chi connectivity index (χ3n) is 3.97. The third kappa shape index (κ3) is 7.53. The SMILES string of the molecule is C=C(C)CN=C(N)NCCCN1CCN(c2ccccc2)CC1.I. The number of piperazine rings is 1. The molecule has 0 unspecified atom stereocenters. The zero-order chi connectivity index (χ0) is 16.5. The molecule has 1 aromatic rings. The lowest BCUT2D eigenvalue weighted by molar-refractivity contribution is 0.255. The van der Waals surface area contributed by atoms with E-state index in [1.165, 1.54) is 5.69 Å². The van der Waals surface area contributed by atoms with Crippen molar-refractivity contribution in [2.75, 3.05) is 50.7 Å². The standard InChI is InChI=1S/C18H29N5.HI/c1-16(2)15-21-18(19)20-9-6-10-22-11-13-23(14-12-22)17-7-4-3-5-8-17;/h3-5,7-8H,1,6,9-15H2,2H3,(H3,19,20,21);1H. The number of nitrogens with two attached hydrogens (primary N) is 1. The van der Waals surface area contributed by atoms with Gasteiger partial charge in [-0.15, -0.1) is 24.0 Å². The highest BCUT2D eigenvalue weighted by Crippen LogP contribution is 2.15. The van der Waals surface area contributed by atoms with Crippen molar-refractivity contribution in [2.45, 2.75) is 13.3 Å². The molecule has 1 aliphatic heterocycles. The van der Waals surface area contributed by atoms with Gasteiger partial charge < -0.3 is 16.0 Å². The average Bonchev–Trinajstić information content (AvgIpc) is 2.58. The summed E-state index contributed by atoms with van der Waals surface area (Å²) < 4.78 is 0. The molecule has 1 saturated heterocycles. The van der Waals surface area contributed by atoms with Gasteiger partial charge in [-0.05, 0) is 32.0 Å². The molecule has 0 bridgehead atoms. The quantitative estimate of drug-likeness (QED) is 0.223. The van der Waals surface area contributed by atoms with Crippen molar-refractivity contribution < 1.29 is 0 Å². The summed E-state index contributed by atoms with van der Waals surface area (Å²) in [5.74, 6) is 0.516. The van der Waals surface area contributed by atoms with Crippen LogP contribution < -0.4 is 16.0 Å². The summed E-state index contributed by atoms with van der Waals surface area (Å²) in [7, 11) is 0. The predicted octanol–water partition coefficient (Wildman–Crippen LogP) is 2.30. The van der Waals surface area contributed by atoms with E-state index in [0.717, 1.165) is 51.3 Å². The number of aliphatic imine (C=N–C) groups is 1. The normalized spacial score (nSPS) is 15.7. The van der Waals surface area contributed by atoms with Crippen LogP contribution in [0.4, 0.5) is 5.69 Å². The first-order chi connectivity index (χ1) is 11.1. The van der Waals surface area contributed by atoms with E-state index in [4.69, 9.17) is 5.73 Å². The van der Waals surface area contributed by atoms with Crippen LogP contribution in [0.25, 0.3) is 0 Å². The smallest absolute Gasteiger partial charge is 0.188 e. The van der Waals surface area contributed by atoms with Crippen LogP contribution >= 0.6 is 24.0 Å². The Labute approximate surface area is 163 Å². The number of para-hydroxylation sites is 1. The van der Waals surface area contributed by atoms with Crippen molar-refractivity contribution in [1.82, 2.24) is 10.2 Å². The fourth-order valence-electron chi connectivity index (χ4n) is 2.66. The van der Waals surface area contributed by atoms with Gasteiger partial charge in [0.25, 0.3) is 0 Å². The van der Waals surface area contributed by atoms with Crippen molar-refractivity contribution >= 4 is 35.6 Å². The number of hydrogen-bond acceptors (Lipinski definition) is 3. The Morgan fingerprint density at radius 2 is 1.88 bits per heavy atom. The lowest BCUT2D eigenvalue weighted by Crippen LogP contribution is -2.47. The Hall–Kier alpha value is -1.28. The highest BCUT2D eigenvalue weighted by Gasteiger charge is 2.16. The lowest BCUT2D eigenvalue weighted by atomic mass is 10.2. The largest absolute Gasteiger partial charge is 0.370 e. The van der Waals surface area contributed by atoms with Crippen molar-refractivity contribution in [3.8, 4) is 0 Å². The van der Waals surface area contributed by atoms with Gasteiger partial charge in [-0.2, -0.15) is 0 Å². The van der Waals surface area contributed by atoms with Crippen LogP contribution in [-0.4, -0.2) is 56.7 Å². The summed E-state index contributed by atoms with van der Waals surface area (Å²) in [4.78, 5) is 9.19. The lowest BCUT2D eigenvalue weighted by Gasteiger charge is -2.36. The second-order valence-corrected chi connectivity index (χ2v) is 6.10. The molecule has 1 fully saturated rings. The molecule has 0 amide bonds. The molecular formula is C18H30IN5. The van der Waals surface area contributed by atoms with Gasteiger partial charge in [0.05, 0.1) is 6.54 Å². The number of anilines is 1. The highest BCUT2D eigenvalue weighted by atomic mass is 127. The van der Waals surface area contributed by atoms with Gasteiger partial charge in [0.1, 0.15) is 0 Å². The predicted molar refractivity (Wildman–Crippen MR) is 114 cm³/mol. The number of guanidine groups is 1. The molecule has 2 rings (SSSR count). The van der Waals surface area contributed by atoms with E-state index in [1.54, 1.807) is 0 Å². The van der Waals surface area contributed by atoms with E-state index in [9.17, 15) is 0 Å². The van der Waals surface area contributed by atoms with E-state index < -0.39 is 0 Å². The Kier molecular flexibility index (Phi) is 9.78. The second kappa shape index (κ2) is 11.3. The van der Waals surface area contributed by atoms with Crippen molar-refractivity contribution in [3.05, 3.63) is 42.5 Å².